The third-order valence-corrected chi connectivity index (χ3v) is 4.74. The summed E-state index contributed by atoms with van der Waals surface area (Å²) in [5.74, 6) is -2.24. The van der Waals surface area contributed by atoms with E-state index in [9.17, 15) is 18.8 Å². The van der Waals surface area contributed by atoms with E-state index in [2.05, 4.69) is 15.9 Å². The highest BCUT2D eigenvalue weighted by Crippen LogP contribution is 2.38. The summed E-state index contributed by atoms with van der Waals surface area (Å²) < 4.78 is 19.3. The SMILES string of the molecule is C[C@H]1c2cc(Br)c(F)cc2C(=O)N1[C@@H](CCC(=O)OC(C)(C)C)C(N)=O. The number of hydrogen-bond acceptors (Lipinski definition) is 4. The minimum atomic E-state index is -0.987. The van der Waals surface area contributed by atoms with Crippen LogP contribution in [0.15, 0.2) is 16.6 Å². The number of ether oxygens (including phenoxy) is 1. The highest BCUT2D eigenvalue weighted by Gasteiger charge is 2.41. The lowest BCUT2D eigenvalue weighted by Crippen LogP contribution is -2.46. The maximum atomic E-state index is 13.8. The number of halogens is 2. The number of benzene rings is 1. The van der Waals surface area contributed by atoms with Crippen molar-refractivity contribution in [1.82, 2.24) is 4.90 Å². The van der Waals surface area contributed by atoms with Crippen LogP contribution in [0.5, 0.6) is 0 Å². The molecule has 0 saturated carbocycles. The van der Waals surface area contributed by atoms with E-state index >= 15 is 0 Å². The lowest BCUT2D eigenvalue weighted by atomic mass is 10.0. The molecule has 2 amide bonds. The van der Waals surface area contributed by atoms with E-state index in [-0.39, 0.29) is 22.9 Å². The number of carbonyl (C=O) groups is 3. The summed E-state index contributed by atoms with van der Waals surface area (Å²) >= 11 is 3.10. The molecule has 6 nitrogen and oxygen atoms in total. The molecule has 26 heavy (non-hydrogen) atoms. The van der Waals surface area contributed by atoms with Crippen molar-refractivity contribution in [3.8, 4) is 0 Å². The first kappa shape index (κ1) is 20.4. The van der Waals surface area contributed by atoms with Gasteiger partial charge in [-0.05, 0) is 67.7 Å². The number of primary amides is 1. The van der Waals surface area contributed by atoms with Gasteiger partial charge >= 0.3 is 5.97 Å². The molecule has 0 aromatic heterocycles. The molecule has 0 fully saturated rings. The van der Waals surface area contributed by atoms with Gasteiger partial charge in [-0.1, -0.05) is 0 Å². The second kappa shape index (κ2) is 7.34. The fraction of sp³-hybridized carbons (Fsp3) is 0.500. The summed E-state index contributed by atoms with van der Waals surface area (Å²) in [5.41, 5.74) is 5.64. The Labute approximate surface area is 160 Å². The smallest absolute Gasteiger partial charge is 0.306 e. The van der Waals surface area contributed by atoms with Crippen LogP contribution in [-0.2, 0) is 14.3 Å². The van der Waals surface area contributed by atoms with Crippen molar-refractivity contribution in [1.29, 1.82) is 0 Å². The summed E-state index contributed by atoms with van der Waals surface area (Å²) in [6, 6.07) is 1.22. The second-order valence-corrected chi connectivity index (χ2v) is 8.14. The summed E-state index contributed by atoms with van der Waals surface area (Å²) in [5, 5.41) is 0. The minimum absolute atomic E-state index is 0.0396. The number of hydrogen-bond donors (Lipinski definition) is 1. The monoisotopic (exact) mass is 428 g/mol. The number of esters is 1. The highest BCUT2D eigenvalue weighted by molar-refractivity contribution is 9.10. The zero-order valence-electron chi connectivity index (χ0n) is 15.1. The topological polar surface area (TPSA) is 89.7 Å². The van der Waals surface area contributed by atoms with Gasteiger partial charge in [0.15, 0.2) is 0 Å². The van der Waals surface area contributed by atoms with E-state index in [1.807, 2.05) is 0 Å². The van der Waals surface area contributed by atoms with Crippen LogP contribution in [0.3, 0.4) is 0 Å². The van der Waals surface area contributed by atoms with Crippen LogP contribution in [0.1, 0.15) is 62.5 Å². The number of amides is 2. The Morgan fingerprint density at radius 2 is 2.00 bits per heavy atom. The van der Waals surface area contributed by atoms with E-state index in [4.69, 9.17) is 10.5 Å². The maximum Gasteiger partial charge on any atom is 0.306 e. The molecule has 2 atom stereocenters. The molecule has 1 aliphatic heterocycles. The molecule has 1 aromatic carbocycles. The Bertz CT molecular complexity index is 760. The van der Waals surface area contributed by atoms with Crippen molar-refractivity contribution in [2.75, 3.05) is 0 Å². The maximum absolute atomic E-state index is 13.8. The van der Waals surface area contributed by atoms with Crippen LogP contribution < -0.4 is 5.73 Å². The zero-order chi connectivity index (χ0) is 19.8. The molecule has 2 rings (SSSR count). The number of fused-ring (bicyclic) bond motifs is 1. The molecule has 0 unspecified atom stereocenters. The van der Waals surface area contributed by atoms with Crippen LogP contribution in [0.4, 0.5) is 4.39 Å². The largest absolute Gasteiger partial charge is 0.460 e. The minimum Gasteiger partial charge on any atom is -0.460 e. The second-order valence-electron chi connectivity index (χ2n) is 7.29. The first-order valence-corrected chi connectivity index (χ1v) is 9.04. The predicted octanol–water partition coefficient (Wildman–Crippen LogP) is 3.08. The number of nitrogens with zero attached hydrogens (tertiary/aromatic N) is 1. The van der Waals surface area contributed by atoms with Gasteiger partial charge in [-0.15, -0.1) is 0 Å². The molecule has 142 valence electrons. The van der Waals surface area contributed by atoms with Crippen LogP contribution >= 0.6 is 15.9 Å². The van der Waals surface area contributed by atoms with Crippen molar-refractivity contribution in [2.45, 2.75) is 58.2 Å². The van der Waals surface area contributed by atoms with E-state index in [1.54, 1.807) is 27.7 Å². The fourth-order valence-corrected chi connectivity index (χ4v) is 3.40. The van der Waals surface area contributed by atoms with E-state index in [1.165, 1.54) is 11.0 Å². The van der Waals surface area contributed by atoms with Gasteiger partial charge in [-0.3, -0.25) is 14.4 Å². The molecular formula is C18H22BrFN2O4. The average Bonchev–Trinajstić information content (AvgIpc) is 2.71. The van der Waals surface area contributed by atoms with E-state index in [0.29, 0.717) is 5.56 Å². The van der Waals surface area contributed by atoms with Gasteiger partial charge in [0.2, 0.25) is 5.91 Å². The molecule has 0 radical (unpaired) electrons. The quantitative estimate of drug-likeness (QED) is 0.729. The summed E-state index contributed by atoms with van der Waals surface area (Å²) in [6.45, 7) is 6.96. The van der Waals surface area contributed by atoms with Gasteiger partial charge in [0, 0.05) is 12.0 Å². The fourth-order valence-electron chi connectivity index (χ4n) is 3.03. The third kappa shape index (κ3) is 4.23. The Kier molecular flexibility index (Phi) is 5.75. The molecule has 1 aliphatic rings. The van der Waals surface area contributed by atoms with Crippen LogP contribution in [-0.4, -0.2) is 34.3 Å². The molecule has 2 N–H and O–H groups in total. The standard InChI is InChI=1S/C18H22BrFN2O4/c1-9-10-7-12(19)13(20)8-11(10)17(25)22(9)14(16(21)24)5-6-15(23)26-18(2,3)4/h7-9,14H,5-6H2,1-4H3,(H2,21,24)/t9-,14-/m0/s1. The first-order chi connectivity index (χ1) is 11.9. The van der Waals surface area contributed by atoms with E-state index < -0.39 is 41.3 Å². The first-order valence-electron chi connectivity index (χ1n) is 8.25. The van der Waals surface area contributed by atoms with Crippen LogP contribution in [0.25, 0.3) is 0 Å². The lowest BCUT2D eigenvalue weighted by molar-refractivity contribution is -0.155. The van der Waals surface area contributed by atoms with Gasteiger partial charge < -0.3 is 15.4 Å². The van der Waals surface area contributed by atoms with Crippen LogP contribution in [0, 0.1) is 5.82 Å². The summed E-state index contributed by atoms with van der Waals surface area (Å²) in [6.07, 6.45) is -0.0201. The normalized spacial score (nSPS) is 17.8. The number of nitrogens with two attached hydrogens (primary N) is 1. The molecule has 8 heteroatoms. The predicted molar refractivity (Wildman–Crippen MR) is 96.7 cm³/mol. The van der Waals surface area contributed by atoms with E-state index in [0.717, 1.165) is 6.07 Å². The molecule has 0 bridgehead atoms. The molecule has 1 heterocycles. The Morgan fingerprint density at radius 3 is 2.54 bits per heavy atom. The number of carbonyl (C=O) groups excluding carboxylic acids is 3. The Balaban J connectivity index is 2.22. The van der Waals surface area contributed by atoms with Gasteiger partial charge in [-0.2, -0.15) is 0 Å². The Hall–Kier alpha value is -1.96. The lowest BCUT2D eigenvalue weighted by Gasteiger charge is -2.30. The summed E-state index contributed by atoms with van der Waals surface area (Å²) in [7, 11) is 0. The van der Waals surface area contributed by atoms with Crippen molar-refractivity contribution in [3.05, 3.63) is 33.5 Å². The molecule has 0 aliphatic carbocycles. The molecule has 1 aromatic rings. The van der Waals surface area contributed by atoms with Gasteiger partial charge in [0.05, 0.1) is 10.5 Å². The molecular weight excluding hydrogens is 407 g/mol. The van der Waals surface area contributed by atoms with Gasteiger partial charge in [0.1, 0.15) is 17.5 Å². The molecule has 0 saturated heterocycles. The van der Waals surface area contributed by atoms with Crippen molar-refractivity contribution >= 4 is 33.7 Å². The average molecular weight is 429 g/mol. The van der Waals surface area contributed by atoms with Crippen molar-refractivity contribution in [2.24, 2.45) is 5.73 Å². The highest BCUT2D eigenvalue weighted by atomic mass is 79.9. The van der Waals surface area contributed by atoms with Crippen molar-refractivity contribution < 1.29 is 23.5 Å². The summed E-state index contributed by atoms with van der Waals surface area (Å²) in [4.78, 5) is 37.9. The number of rotatable bonds is 5. The van der Waals surface area contributed by atoms with Gasteiger partial charge in [-0.25, -0.2) is 4.39 Å². The zero-order valence-corrected chi connectivity index (χ0v) is 16.7. The van der Waals surface area contributed by atoms with Crippen LogP contribution in [0.2, 0.25) is 0 Å². The Morgan fingerprint density at radius 1 is 1.38 bits per heavy atom. The van der Waals surface area contributed by atoms with Crippen molar-refractivity contribution in [3.63, 3.8) is 0 Å². The molecule has 0 spiro atoms. The third-order valence-electron chi connectivity index (χ3n) is 4.13. The van der Waals surface area contributed by atoms with Gasteiger partial charge in [0.25, 0.3) is 5.91 Å².